The number of carbonyl (C=O) groups is 2. The van der Waals surface area contributed by atoms with E-state index >= 15 is 0 Å². The van der Waals surface area contributed by atoms with Crippen LogP contribution in [0, 0.1) is 0 Å². The first-order chi connectivity index (χ1) is 12.9. The monoisotopic (exact) mass is 467 g/mol. The molecule has 27 heavy (non-hydrogen) atoms. The van der Waals surface area contributed by atoms with E-state index in [9.17, 15) is 9.59 Å². The van der Waals surface area contributed by atoms with Crippen molar-refractivity contribution < 1.29 is 19.1 Å². The van der Waals surface area contributed by atoms with Gasteiger partial charge in [-0.3, -0.25) is 9.59 Å². The lowest BCUT2D eigenvalue weighted by Crippen LogP contribution is -2.27. The van der Waals surface area contributed by atoms with Crippen LogP contribution in [0.2, 0.25) is 5.02 Å². The van der Waals surface area contributed by atoms with Crippen LogP contribution in [0.5, 0.6) is 11.5 Å². The number of halogens is 2. The molecular formula is C19H15BrClNO4S. The molecule has 0 bridgehead atoms. The lowest BCUT2D eigenvalue weighted by molar-refractivity contribution is -0.113. The van der Waals surface area contributed by atoms with Gasteiger partial charge in [0.05, 0.1) is 28.8 Å². The molecule has 1 aliphatic heterocycles. The standard InChI is InChI=1S/C19H15BrClNO4S/c1-3-26-15-9-11(8-14(20)17(15)25-2)10-16-18(23)22(19(24)27-16)13-6-4-12(21)5-7-13/h4-10H,3H2,1-2H3/b16-10+. The molecule has 5 nitrogen and oxygen atoms in total. The summed E-state index contributed by atoms with van der Waals surface area (Å²) in [7, 11) is 1.56. The van der Waals surface area contributed by atoms with Gasteiger partial charge in [0.1, 0.15) is 0 Å². The summed E-state index contributed by atoms with van der Waals surface area (Å²) in [6, 6.07) is 10.1. The van der Waals surface area contributed by atoms with Crippen molar-refractivity contribution in [3.63, 3.8) is 0 Å². The average molecular weight is 469 g/mol. The van der Waals surface area contributed by atoms with Crippen molar-refractivity contribution in [3.8, 4) is 11.5 Å². The number of anilines is 1. The molecule has 3 rings (SSSR count). The zero-order valence-corrected chi connectivity index (χ0v) is 17.7. The molecule has 0 spiro atoms. The molecule has 1 saturated heterocycles. The van der Waals surface area contributed by atoms with E-state index in [4.69, 9.17) is 21.1 Å². The number of methoxy groups -OCH3 is 1. The van der Waals surface area contributed by atoms with Crippen LogP contribution in [-0.2, 0) is 4.79 Å². The van der Waals surface area contributed by atoms with Crippen molar-refractivity contribution in [1.82, 2.24) is 0 Å². The van der Waals surface area contributed by atoms with Crippen LogP contribution in [0.25, 0.3) is 6.08 Å². The Morgan fingerprint density at radius 1 is 1.22 bits per heavy atom. The predicted octanol–water partition coefficient (Wildman–Crippen LogP) is 5.75. The Labute approximate surface area is 174 Å². The minimum atomic E-state index is -0.378. The van der Waals surface area contributed by atoms with E-state index in [1.165, 1.54) is 0 Å². The highest BCUT2D eigenvalue weighted by atomic mass is 79.9. The van der Waals surface area contributed by atoms with Gasteiger partial charge < -0.3 is 9.47 Å². The van der Waals surface area contributed by atoms with Gasteiger partial charge in [0.2, 0.25) is 0 Å². The highest BCUT2D eigenvalue weighted by Crippen LogP contribution is 2.40. The topological polar surface area (TPSA) is 55.8 Å². The van der Waals surface area contributed by atoms with Crippen molar-refractivity contribution in [2.45, 2.75) is 6.92 Å². The Morgan fingerprint density at radius 2 is 1.93 bits per heavy atom. The van der Waals surface area contributed by atoms with Crippen molar-refractivity contribution in [2.24, 2.45) is 0 Å². The molecule has 0 saturated carbocycles. The predicted molar refractivity (Wildman–Crippen MR) is 112 cm³/mol. The third kappa shape index (κ3) is 4.15. The van der Waals surface area contributed by atoms with Crippen LogP contribution >= 0.6 is 39.3 Å². The number of thioether (sulfide) groups is 1. The van der Waals surface area contributed by atoms with E-state index in [0.717, 1.165) is 16.7 Å². The number of hydrogen-bond donors (Lipinski definition) is 0. The van der Waals surface area contributed by atoms with Gasteiger partial charge in [-0.05, 0) is 82.7 Å². The van der Waals surface area contributed by atoms with E-state index in [1.54, 1.807) is 49.6 Å². The summed E-state index contributed by atoms with van der Waals surface area (Å²) in [5.41, 5.74) is 1.20. The fourth-order valence-corrected chi connectivity index (χ4v) is 4.15. The summed E-state index contributed by atoms with van der Waals surface area (Å²) in [6.45, 7) is 2.34. The number of benzene rings is 2. The Hall–Kier alpha value is -1.96. The lowest BCUT2D eigenvalue weighted by Gasteiger charge is -2.13. The first-order valence-corrected chi connectivity index (χ1v) is 9.97. The zero-order valence-electron chi connectivity index (χ0n) is 14.5. The molecule has 0 radical (unpaired) electrons. The third-order valence-corrected chi connectivity index (χ3v) is 5.42. The third-order valence-electron chi connectivity index (χ3n) is 3.71. The molecule has 0 aliphatic carbocycles. The molecule has 0 N–H and O–H groups in total. The SMILES string of the molecule is CCOc1cc(/C=C2/SC(=O)N(c3ccc(Cl)cc3)C2=O)cc(Br)c1OC. The summed E-state index contributed by atoms with van der Waals surface area (Å²) >= 11 is 10.2. The van der Waals surface area contributed by atoms with Gasteiger partial charge >= 0.3 is 0 Å². The highest BCUT2D eigenvalue weighted by molar-refractivity contribution is 9.10. The van der Waals surface area contributed by atoms with Crippen molar-refractivity contribution in [2.75, 3.05) is 18.6 Å². The number of nitrogens with zero attached hydrogens (tertiary/aromatic N) is 1. The van der Waals surface area contributed by atoms with Gasteiger partial charge in [-0.2, -0.15) is 0 Å². The van der Waals surface area contributed by atoms with E-state index in [2.05, 4.69) is 15.9 Å². The summed E-state index contributed by atoms with van der Waals surface area (Å²) < 4.78 is 11.6. The first-order valence-electron chi connectivity index (χ1n) is 7.98. The van der Waals surface area contributed by atoms with Crippen molar-refractivity contribution >= 4 is 62.2 Å². The van der Waals surface area contributed by atoms with Crippen LogP contribution in [0.4, 0.5) is 10.5 Å². The second kappa shape index (κ2) is 8.37. The fraction of sp³-hybridized carbons (Fsp3) is 0.158. The van der Waals surface area contributed by atoms with Crippen LogP contribution in [0.15, 0.2) is 45.8 Å². The second-order valence-corrected chi connectivity index (χ2v) is 7.74. The number of hydrogen-bond acceptors (Lipinski definition) is 5. The molecule has 1 fully saturated rings. The maximum absolute atomic E-state index is 12.7. The largest absolute Gasteiger partial charge is 0.492 e. The molecule has 2 aromatic rings. The number of imide groups is 1. The molecule has 1 heterocycles. The minimum absolute atomic E-state index is 0.328. The van der Waals surface area contributed by atoms with Gasteiger partial charge in [0.15, 0.2) is 11.5 Å². The number of rotatable bonds is 5. The molecule has 2 aromatic carbocycles. The molecule has 140 valence electrons. The van der Waals surface area contributed by atoms with Crippen LogP contribution in [0.1, 0.15) is 12.5 Å². The normalized spacial score (nSPS) is 15.6. The summed E-state index contributed by atoms with van der Waals surface area (Å²) in [5.74, 6) is 0.748. The molecule has 0 unspecified atom stereocenters. The van der Waals surface area contributed by atoms with Crippen LogP contribution < -0.4 is 14.4 Å². The summed E-state index contributed by atoms with van der Waals surface area (Å²) in [6.07, 6.45) is 1.66. The number of ether oxygens (including phenoxy) is 2. The average Bonchev–Trinajstić information content (AvgIpc) is 2.90. The fourth-order valence-electron chi connectivity index (χ4n) is 2.56. The second-order valence-electron chi connectivity index (χ2n) is 5.46. The van der Waals surface area contributed by atoms with E-state index in [-0.39, 0.29) is 11.1 Å². The first kappa shape index (κ1) is 19.8. The minimum Gasteiger partial charge on any atom is -0.492 e. The van der Waals surface area contributed by atoms with Crippen LogP contribution in [0.3, 0.4) is 0 Å². The Kier molecular flexibility index (Phi) is 6.14. The van der Waals surface area contributed by atoms with E-state index in [0.29, 0.717) is 43.8 Å². The van der Waals surface area contributed by atoms with E-state index in [1.807, 2.05) is 6.92 Å². The molecule has 0 atom stereocenters. The van der Waals surface area contributed by atoms with E-state index < -0.39 is 0 Å². The Morgan fingerprint density at radius 3 is 2.56 bits per heavy atom. The van der Waals surface area contributed by atoms with Crippen molar-refractivity contribution in [3.05, 3.63) is 56.4 Å². The van der Waals surface area contributed by atoms with Gasteiger partial charge in [-0.25, -0.2) is 4.90 Å². The summed E-state index contributed by atoms with van der Waals surface area (Å²) in [5, 5.41) is 0.180. The van der Waals surface area contributed by atoms with Gasteiger partial charge in [0, 0.05) is 5.02 Å². The Bertz CT molecular complexity index is 930. The van der Waals surface area contributed by atoms with Gasteiger partial charge in [-0.15, -0.1) is 0 Å². The van der Waals surface area contributed by atoms with Gasteiger partial charge in [-0.1, -0.05) is 11.6 Å². The maximum Gasteiger partial charge on any atom is 0.298 e. The molecule has 8 heteroatoms. The Balaban J connectivity index is 1.95. The smallest absolute Gasteiger partial charge is 0.298 e. The van der Waals surface area contributed by atoms with Crippen molar-refractivity contribution in [1.29, 1.82) is 0 Å². The number of carbonyl (C=O) groups excluding carboxylic acids is 2. The molecule has 0 aromatic heterocycles. The summed E-state index contributed by atoms with van der Waals surface area (Å²) in [4.78, 5) is 26.5. The quantitative estimate of drug-likeness (QED) is 0.523. The maximum atomic E-state index is 12.7. The number of amides is 2. The lowest BCUT2D eigenvalue weighted by atomic mass is 10.1. The van der Waals surface area contributed by atoms with Gasteiger partial charge in [0.25, 0.3) is 11.1 Å². The molecule has 2 amide bonds. The zero-order chi connectivity index (χ0) is 19.6. The van der Waals surface area contributed by atoms with Crippen LogP contribution in [-0.4, -0.2) is 24.9 Å². The highest BCUT2D eigenvalue weighted by Gasteiger charge is 2.36. The molecular weight excluding hydrogens is 454 g/mol. The molecule has 1 aliphatic rings.